The van der Waals surface area contributed by atoms with Crippen LogP contribution < -0.4 is 10.6 Å². The molecule has 0 radical (unpaired) electrons. The van der Waals surface area contributed by atoms with E-state index in [4.69, 9.17) is 39.5 Å². The number of nitrogens with one attached hydrogen (secondary N) is 2. The maximum absolute atomic E-state index is 6.25. The Hall–Kier alpha value is -0.670. The average Bonchev–Trinajstić information content (AvgIpc) is 2.95. The van der Waals surface area contributed by atoms with E-state index >= 15 is 0 Å². The summed E-state index contributed by atoms with van der Waals surface area (Å²) < 4.78 is 7.46. The van der Waals surface area contributed by atoms with Gasteiger partial charge in [0.05, 0.1) is 11.6 Å². The third-order valence-electron chi connectivity index (χ3n) is 5.36. The van der Waals surface area contributed by atoms with Gasteiger partial charge in [0, 0.05) is 50.0 Å². The summed E-state index contributed by atoms with van der Waals surface area (Å²) in [5.74, 6) is 0.723. The van der Waals surface area contributed by atoms with Gasteiger partial charge in [-0.2, -0.15) is 0 Å². The third kappa shape index (κ3) is 5.94. The highest BCUT2D eigenvalue weighted by atomic mass is 127. The molecule has 2 aromatic rings. The van der Waals surface area contributed by atoms with Crippen molar-refractivity contribution in [1.82, 2.24) is 15.2 Å². The molecule has 160 valence electrons. The zero-order valence-corrected chi connectivity index (χ0v) is 21.1. The Labute approximate surface area is 204 Å². The van der Waals surface area contributed by atoms with Crippen LogP contribution in [0.2, 0.25) is 15.2 Å². The second-order valence-electron chi connectivity index (χ2n) is 7.02. The number of benzene rings is 1. The Morgan fingerprint density at radius 2 is 1.90 bits per heavy atom. The minimum absolute atomic E-state index is 0. The lowest BCUT2D eigenvalue weighted by atomic mass is 9.74. The van der Waals surface area contributed by atoms with E-state index in [1.54, 1.807) is 7.05 Å². The molecule has 29 heavy (non-hydrogen) atoms. The number of hydrogen-bond donors (Lipinski definition) is 2. The molecule has 0 bridgehead atoms. The molecule has 1 fully saturated rings. The summed E-state index contributed by atoms with van der Waals surface area (Å²) in [7, 11) is 3.65. The van der Waals surface area contributed by atoms with Gasteiger partial charge in [-0.15, -0.1) is 24.0 Å². The molecule has 0 amide bonds. The van der Waals surface area contributed by atoms with Crippen LogP contribution in [0.3, 0.4) is 0 Å². The molecule has 2 N–H and O–H groups in total. The summed E-state index contributed by atoms with van der Waals surface area (Å²) in [6.07, 6.45) is 1.86. The highest BCUT2D eigenvalue weighted by Gasteiger charge is 2.34. The van der Waals surface area contributed by atoms with Gasteiger partial charge in [0.1, 0.15) is 5.15 Å². The van der Waals surface area contributed by atoms with Gasteiger partial charge >= 0.3 is 0 Å². The molecule has 5 nitrogen and oxygen atoms in total. The molecule has 3 rings (SSSR count). The van der Waals surface area contributed by atoms with E-state index in [0.717, 1.165) is 49.3 Å². The van der Waals surface area contributed by atoms with E-state index < -0.39 is 0 Å². The molecule has 1 aliphatic rings. The summed E-state index contributed by atoms with van der Waals surface area (Å²) in [6.45, 7) is 2.78. The van der Waals surface area contributed by atoms with Crippen molar-refractivity contribution < 1.29 is 4.74 Å². The van der Waals surface area contributed by atoms with Gasteiger partial charge in [0.2, 0.25) is 0 Å². The Balaban J connectivity index is 0.00000300. The molecule has 2 heterocycles. The van der Waals surface area contributed by atoms with Crippen molar-refractivity contribution >= 4 is 64.7 Å². The standard InChI is InChI=1S/C20H25Cl3N4O.HI/c1-24-19(25-12-16-11-17(22)18(23)27(16)2)26-13-20(6-8-28-9-7-20)14-4-3-5-15(21)10-14;/h3-5,10-11H,6-9,12-13H2,1-2H3,(H2,24,25,26);1H. The van der Waals surface area contributed by atoms with E-state index in [1.165, 1.54) is 5.56 Å². The third-order valence-corrected chi connectivity index (χ3v) is 6.43. The number of ether oxygens (including phenoxy) is 1. The lowest BCUT2D eigenvalue weighted by molar-refractivity contribution is 0.0514. The molecule has 1 saturated heterocycles. The van der Waals surface area contributed by atoms with Crippen LogP contribution in [0.5, 0.6) is 0 Å². The summed E-state index contributed by atoms with van der Waals surface area (Å²) in [5, 5.41) is 8.64. The van der Waals surface area contributed by atoms with Gasteiger partial charge < -0.3 is 19.9 Å². The van der Waals surface area contributed by atoms with Crippen LogP contribution in [-0.2, 0) is 23.7 Å². The summed E-state index contributed by atoms with van der Waals surface area (Å²) >= 11 is 18.5. The monoisotopic (exact) mass is 570 g/mol. The molecule has 0 unspecified atom stereocenters. The lowest BCUT2D eigenvalue weighted by Gasteiger charge is -2.38. The topological polar surface area (TPSA) is 50.6 Å². The summed E-state index contributed by atoms with van der Waals surface area (Å²) in [4.78, 5) is 4.35. The summed E-state index contributed by atoms with van der Waals surface area (Å²) in [5.41, 5.74) is 2.17. The largest absolute Gasteiger partial charge is 0.381 e. The molecule has 1 aliphatic heterocycles. The van der Waals surface area contributed by atoms with Crippen LogP contribution in [0.4, 0.5) is 0 Å². The maximum atomic E-state index is 6.25. The van der Waals surface area contributed by atoms with Crippen molar-refractivity contribution in [3.63, 3.8) is 0 Å². The molecule has 0 aliphatic carbocycles. The zero-order valence-electron chi connectivity index (χ0n) is 16.5. The Morgan fingerprint density at radius 1 is 1.17 bits per heavy atom. The van der Waals surface area contributed by atoms with Crippen molar-refractivity contribution in [3.8, 4) is 0 Å². The van der Waals surface area contributed by atoms with E-state index in [9.17, 15) is 0 Å². The first-order valence-electron chi connectivity index (χ1n) is 9.23. The number of guanidine groups is 1. The first-order valence-corrected chi connectivity index (χ1v) is 10.4. The minimum atomic E-state index is -0.0433. The van der Waals surface area contributed by atoms with Gasteiger partial charge in [-0.1, -0.05) is 46.9 Å². The highest BCUT2D eigenvalue weighted by Crippen LogP contribution is 2.35. The second kappa shape index (κ2) is 11.1. The zero-order chi connectivity index (χ0) is 20.1. The fraction of sp³-hybridized carbons (Fsp3) is 0.450. The van der Waals surface area contributed by atoms with Crippen molar-refractivity contribution in [2.24, 2.45) is 12.0 Å². The molecule has 0 spiro atoms. The van der Waals surface area contributed by atoms with E-state index in [1.807, 2.05) is 29.8 Å². The molecule has 9 heteroatoms. The number of halogens is 4. The van der Waals surface area contributed by atoms with Crippen molar-refractivity contribution in [2.45, 2.75) is 24.8 Å². The number of aromatic nitrogens is 1. The number of hydrogen-bond acceptors (Lipinski definition) is 2. The summed E-state index contributed by atoms with van der Waals surface area (Å²) in [6, 6.07) is 9.96. The average molecular weight is 572 g/mol. The number of rotatable bonds is 5. The molecular weight excluding hydrogens is 546 g/mol. The molecular formula is C20H26Cl3IN4O. The van der Waals surface area contributed by atoms with E-state index in [-0.39, 0.29) is 29.4 Å². The Bertz CT molecular complexity index is 850. The van der Waals surface area contributed by atoms with Crippen LogP contribution in [0.1, 0.15) is 24.1 Å². The van der Waals surface area contributed by atoms with Gasteiger partial charge in [-0.25, -0.2) is 0 Å². The number of aliphatic imine (C=N–C) groups is 1. The molecule has 0 atom stereocenters. The smallest absolute Gasteiger partial charge is 0.191 e. The van der Waals surface area contributed by atoms with E-state index in [2.05, 4.69) is 27.8 Å². The van der Waals surface area contributed by atoms with Gasteiger partial charge in [0.15, 0.2) is 5.96 Å². The van der Waals surface area contributed by atoms with Crippen LogP contribution in [-0.4, -0.2) is 37.3 Å². The fourth-order valence-electron chi connectivity index (χ4n) is 3.55. The molecule has 0 saturated carbocycles. The van der Waals surface area contributed by atoms with Crippen LogP contribution in [0.15, 0.2) is 35.3 Å². The van der Waals surface area contributed by atoms with E-state index in [0.29, 0.717) is 16.7 Å². The first kappa shape index (κ1) is 24.6. The predicted molar refractivity (Wildman–Crippen MR) is 132 cm³/mol. The van der Waals surface area contributed by atoms with Gasteiger partial charge in [0.25, 0.3) is 0 Å². The highest BCUT2D eigenvalue weighted by molar-refractivity contribution is 14.0. The second-order valence-corrected chi connectivity index (χ2v) is 8.22. The first-order chi connectivity index (χ1) is 13.4. The number of nitrogens with zero attached hydrogens (tertiary/aromatic N) is 2. The van der Waals surface area contributed by atoms with Gasteiger partial charge in [-0.3, -0.25) is 4.99 Å². The van der Waals surface area contributed by atoms with Crippen LogP contribution in [0.25, 0.3) is 0 Å². The maximum Gasteiger partial charge on any atom is 0.191 e. The van der Waals surface area contributed by atoms with Gasteiger partial charge in [-0.05, 0) is 36.6 Å². The quantitative estimate of drug-likeness (QED) is 0.301. The lowest BCUT2D eigenvalue weighted by Crippen LogP contribution is -2.48. The SMILES string of the molecule is CN=C(NCc1cc(Cl)c(Cl)n1C)NCC1(c2cccc(Cl)c2)CCOCC1.I. The Morgan fingerprint density at radius 3 is 2.48 bits per heavy atom. The van der Waals surface area contributed by atoms with Crippen LogP contribution >= 0.6 is 58.8 Å². The minimum Gasteiger partial charge on any atom is -0.381 e. The van der Waals surface area contributed by atoms with Crippen molar-refractivity contribution in [3.05, 3.63) is 56.8 Å². The normalized spacial score (nSPS) is 16.2. The van der Waals surface area contributed by atoms with Crippen molar-refractivity contribution in [2.75, 3.05) is 26.8 Å². The van der Waals surface area contributed by atoms with Crippen molar-refractivity contribution in [1.29, 1.82) is 0 Å². The molecule has 1 aromatic carbocycles. The van der Waals surface area contributed by atoms with Crippen LogP contribution in [0, 0.1) is 0 Å². The molecule has 1 aromatic heterocycles. The fourth-order valence-corrected chi connectivity index (χ4v) is 4.16. The Kier molecular flexibility index (Phi) is 9.41. The predicted octanol–water partition coefficient (Wildman–Crippen LogP) is 5.02.